The summed E-state index contributed by atoms with van der Waals surface area (Å²) in [7, 11) is -3.64. The first-order valence-electron chi connectivity index (χ1n) is 10.3. The third-order valence-corrected chi connectivity index (χ3v) is 6.99. The topological polar surface area (TPSA) is 143 Å². The molecule has 1 saturated heterocycles. The van der Waals surface area contributed by atoms with Crippen LogP contribution in [0.25, 0.3) is 0 Å². The number of aromatic nitrogens is 2. The van der Waals surface area contributed by atoms with Gasteiger partial charge in [0.15, 0.2) is 0 Å². The standard InChI is InChI=1S/C20H25N5O6S/c1-3-5-12-24(4-2)32(29,30)15-8-6-14(7-9-15)19(28)21-20-23-22-16(31-20)13-25-17(26)10-11-18(25)27/h6-9H,3-5,10-13H2,1-2H3,(H,21,23,28). The average Bonchev–Trinajstić information content (AvgIpc) is 3.35. The summed E-state index contributed by atoms with van der Waals surface area (Å²) in [4.78, 5) is 36.9. The number of nitrogens with zero attached hydrogens (tertiary/aromatic N) is 4. The van der Waals surface area contributed by atoms with Crippen molar-refractivity contribution in [1.82, 2.24) is 19.4 Å². The minimum Gasteiger partial charge on any atom is -0.406 e. The van der Waals surface area contributed by atoms with Gasteiger partial charge in [-0.2, -0.15) is 4.31 Å². The molecule has 11 nitrogen and oxygen atoms in total. The molecule has 1 aliphatic heterocycles. The van der Waals surface area contributed by atoms with Crippen molar-refractivity contribution in [2.24, 2.45) is 0 Å². The third kappa shape index (κ3) is 5.19. The van der Waals surface area contributed by atoms with Crippen LogP contribution in [0.1, 0.15) is 55.8 Å². The molecule has 1 aromatic carbocycles. The summed E-state index contributed by atoms with van der Waals surface area (Å²) in [5.41, 5.74) is 0.199. The number of carbonyl (C=O) groups excluding carboxylic acids is 3. The van der Waals surface area contributed by atoms with Crippen LogP contribution in [0.2, 0.25) is 0 Å². The van der Waals surface area contributed by atoms with Crippen molar-refractivity contribution in [2.75, 3.05) is 18.4 Å². The van der Waals surface area contributed by atoms with Crippen LogP contribution in [0.4, 0.5) is 6.01 Å². The van der Waals surface area contributed by atoms with Crippen LogP contribution in [-0.2, 0) is 26.2 Å². The van der Waals surface area contributed by atoms with Gasteiger partial charge in [0, 0.05) is 31.5 Å². The van der Waals surface area contributed by atoms with Crippen molar-refractivity contribution in [3.63, 3.8) is 0 Å². The van der Waals surface area contributed by atoms with Gasteiger partial charge < -0.3 is 4.42 Å². The zero-order valence-electron chi connectivity index (χ0n) is 17.9. The van der Waals surface area contributed by atoms with Gasteiger partial charge in [-0.15, -0.1) is 5.10 Å². The molecule has 0 saturated carbocycles. The number of anilines is 1. The molecular weight excluding hydrogens is 438 g/mol. The highest BCUT2D eigenvalue weighted by molar-refractivity contribution is 7.89. The van der Waals surface area contributed by atoms with Crippen molar-refractivity contribution < 1.29 is 27.2 Å². The smallest absolute Gasteiger partial charge is 0.322 e. The minimum atomic E-state index is -3.64. The zero-order chi connectivity index (χ0) is 23.3. The Morgan fingerprint density at radius 2 is 1.78 bits per heavy atom. The number of hydrogen-bond acceptors (Lipinski definition) is 8. The molecule has 0 spiro atoms. The molecule has 0 unspecified atom stereocenters. The van der Waals surface area contributed by atoms with E-state index in [0.717, 1.165) is 17.7 Å². The zero-order valence-corrected chi connectivity index (χ0v) is 18.7. The van der Waals surface area contributed by atoms with E-state index in [0.29, 0.717) is 13.1 Å². The molecule has 1 aromatic heterocycles. The predicted molar refractivity (Wildman–Crippen MR) is 113 cm³/mol. The van der Waals surface area contributed by atoms with Crippen LogP contribution in [0.15, 0.2) is 33.6 Å². The highest BCUT2D eigenvalue weighted by atomic mass is 32.2. The number of hydrogen-bond donors (Lipinski definition) is 1. The second kappa shape index (κ2) is 10.0. The Hall–Kier alpha value is -3.12. The summed E-state index contributed by atoms with van der Waals surface area (Å²) < 4.78 is 32.2. The van der Waals surface area contributed by atoms with Crippen LogP contribution in [0, 0.1) is 0 Å². The fourth-order valence-electron chi connectivity index (χ4n) is 3.18. The third-order valence-electron chi connectivity index (χ3n) is 5.00. The van der Waals surface area contributed by atoms with Crippen LogP contribution in [-0.4, -0.2) is 58.6 Å². The van der Waals surface area contributed by atoms with Crippen molar-refractivity contribution in [2.45, 2.75) is 51.0 Å². The van der Waals surface area contributed by atoms with Gasteiger partial charge in [0.25, 0.3) is 5.91 Å². The summed E-state index contributed by atoms with van der Waals surface area (Å²) >= 11 is 0. The predicted octanol–water partition coefficient (Wildman–Crippen LogP) is 1.78. The Labute approximate surface area is 185 Å². The van der Waals surface area contributed by atoms with Crippen LogP contribution >= 0.6 is 0 Å². The van der Waals surface area contributed by atoms with Crippen LogP contribution < -0.4 is 5.32 Å². The molecule has 3 rings (SSSR count). The van der Waals surface area contributed by atoms with Gasteiger partial charge in [-0.3, -0.25) is 24.6 Å². The normalized spacial score (nSPS) is 14.4. The lowest BCUT2D eigenvalue weighted by molar-refractivity contribution is -0.139. The van der Waals surface area contributed by atoms with E-state index in [1.54, 1.807) is 6.92 Å². The summed E-state index contributed by atoms with van der Waals surface area (Å²) in [6.45, 7) is 4.41. The summed E-state index contributed by atoms with van der Waals surface area (Å²) in [6.07, 6.45) is 1.95. The van der Waals surface area contributed by atoms with Crippen LogP contribution in [0.5, 0.6) is 0 Å². The number of unbranched alkanes of at least 4 members (excludes halogenated alkanes) is 1. The fourth-order valence-corrected chi connectivity index (χ4v) is 4.67. The maximum Gasteiger partial charge on any atom is 0.322 e. The fraction of sp³-hybridized carbons (Fsp3) is 0.450. The molecule has 172 valence electrons. The SMILES string of the molecule is CCCCN(CC)S(=O)(=O)c1ccc(C(=O)Nc2nnc(CN3C(=O)CCC3=O)o2)cc1. The number of imide groups is 1. The molecule has 0 atom stereocenters. The number of amides is 3. The summed E-state index contributed by atoms with van der Waals surface area (Å²) in [5.74, 6) is -1.19. The summed E-state index contributed by atoms with van der Waals surface area (Å²) in [5, 5.41) is 9.84. The first kappa shape index (κ1) is 23.5. The first-order valence-corrected chi connectivity index (χ1v) is 11.8. The highest BCUT2D eigenvalue weighted by Gasteiger charge is 2.30. The van der Waals surface area contributed by atoms with E-state index in [1.165, 1.54) is 28.6 Å². The van der Waals surface area contributed by atoms with Gasteiger partial charge in [-0.25, -0.2) is 8.42 Å². The molecule has 1 N–H and O–H groups in total. The Kier molecular flexibility index (Phi) is 7.36. The number of benzene rings is 1. The lowest BCUT2D eigenvalue weighted by Crippen LogP contribution is -2.31. The van der Waals surface area contributed by atoms with E-state index < -0.39 is 15.9 Å². The van der Waals surface area contributed by atoms with E-state index in [-0.39, 0.29) is 53.6 Å². The van der Waals surface area contributed by atoms with Gasteiger partial charge in [0.05, 0.1) is 4.90 Å². The largest absolute Gasteiger partial charge is 0.406 e. The second-order valence-corrected chi connectivity index (χ2v) is 9.14. The van der Waals surface area contributed by atoms with Crippen LogP contribution in [0.3, 0.4) is 0 Å². The van der Waals surface area contributed by atoms with Crippen molar-refractivity contribution in [3.8, 4) is 0 Å². The Bertz CT molecular complexity index is 1080. The lowest BCUT2D eigenvalue weighted by Gasteiger charge is -2.20. The number of likely N-dealkylation sites (tertiary alicyclic amines) is 1. The van der Waals surface area contributed by atoms with Crippen molar-refractivity contribution in [1.29, 1.82) is 0 Å². The van der Waals surface area contributed by atoms with Gasteiger partial charge in [-0.05, 0) is 30.7 Å². The molecular formula is C20H25N5O6S. The highest BCUT2D eigenvalue weighted by Crippen LogP contribution is 2.19. The van der Waals surface area contributed by atoms with Crippen molar-refractivity contribution in [3.05, 3.63) is 35.7 Å². The van der Waals surface area contributed by atoms with Crippen molar-refractivity contribution >= 4 is 33.8 Å². The minimum absolute atomic E-state index is 0.0112. The van der Waals surface area contributed by atoms with E-state index in [2.05, 4.69) is 15.5 Å². The molecule has 2 aromatic rings. The van der Waals surface area contributed by atoms with Gasteiger partial charge in [0.2, 0.25) is 27.7 Å². The monoisotopic (exact) mass is 463 g/mol. The molecule has 12 heteroatoms. The average molecular weight is 464 g/mol. The molecule has 1 aliphatic rings. The number of carbonyl (C=O) groups is 3. The van der Waals surface area contributed by atoms with E-state index in [4.69, 9.17) is 4.42 Å². The molecule has 0 aliphatic carbocycles. The quantitative estimate of drug-likeness (QED) is 0.525. The maximum absolute atomic E-state index is 12.8. The van der Waals surface area contributed by atoms with Gasteiger partial charge >= 0.3 is 6.01 Å². The van der Waals surface area contributed by atoms with E-state index >= 15 is 0 Å². The van der Waals surface area contributed by atoms with E-state index in [1.807, 2.05) is 6.92 Å². The number of sulfonamides is 1. The number of rotatable bonds is 10. The molecule has 3 amide bonds. The Balaban J connectivity index is 1.64. The maximum atomic E-state index is 12.8. The first-order chi connectivity index (χ1) is 15.3. The van der Waals surface area contributed by atoms with E-state index in [9.17, 15) is 22.8 Å². The van der Waals surface area contributed by atoms with Gasteiger partial charge in [-0.1, -0.05) is 25.4 Å². The number of nitrogens with one attached hydrogen (secondary N) is 1. The molecule has 32 heavy (non-hydrogen) atoms. The molecule has 2 heterocycles. The molecule has 1 fully saturated rings. The second-order valence-electron chi connectivity index (χ2n) is 7.20. The Morgan fingerprint density at radius 1 is 1.12 bits per heavy atom. The molecule has 0 bridgehead atoms. The van der Waals surface area contributed by atoms with Gasteiger partial charge in [0.1, 0.15) is 6.54 Å². The molecule has 0 radical (unpaired) electrons. The lowest BCUT2D eigenvalue weighted by atomic mass is 10.2. The Morgan fingerprint density at radius 3 is 2.38 bits per heavy atom. The summed E-state index contributed by atoms with van der Waals surface area (Å²) in [6, 6.07) is 5.35.